The zero-order valence-electron chi connectivity index (χ0n) is 14.2. The molecule has 0 fully saturated rings. The summed E-state index contributed by atoms with van der Waals surface area (Å²) in [5.41, 5.74) is 2.12. The normalized spacial score (nSPS) is 10.7. The average molecular weight is 373 g/mol. The van der Waals surface area contributed by atoms with E-state index in [2.05, 4.69) is 15.4 Å². The Hall–Kier alpha value is -2.73. The predicted octanol–water partition coefficient (Wildman–Crippen LogP) is 4.66. The molecule has 134 valence electrons. The number of benzene rings is 1. The molecule has 0 saturated heterocycles. The Bertz CT molecular complexity index is 908. The second-order valence-corrected chi connectivity index (χ2v) is 6.37. The van der Waals surface area contributed by atoms with Gasteiger partial charge in [0.2, 0.25) is 0 Å². The van der Waals surface area contributed by atoms with Gasteiger partial charge in [0.05, 0.1) is 5.69 Å². The highest BCUT2D eigenvalue weighted by molar-refractivity contribution is 6.30. The number of carbonyl (C=O) groups is 1. The zero-order valence-corrected chi connectivity index (χ0v) is 15.0. The molecule has 0 bridgehead atoms. The van der Waals surface area contributed by atoms with Gasteiger partial charge in [-0.2, -0.15) is 5.10 Å². The molecule has 0 aliphatic heterocycles. The molecule has 0 aliphatic rings. The molecule has 7 heteroatoms. The molecule has 0 amide bonds. The lowest BCUT2D eigenvalue weighted by atomic mass is 10.1. The molecule has 0 radical (unpaired) electrons. The van der Waals surface area contributed by atoms with Crippen LogP contribution in [0.15, 0.2) is 48.7 Å². The fourth-order valence-electron chi connectivity index (χ4n) is 2.46. The Balaban J connectivity index is 1.93. The van der Waals surface area contributed by atoms with E-state index < -0.39 is 6.67 Å². The van der Waals surface area contributed by atoms with Crippen molar-refractivity contribution in [2.75, 3.05) is 5.32 Å². The number of pyridine rings is 1. The maximum Gasteiger partial charge on any atom is 0.155 e. The first-order valence-electron chi connectivity index (χ1n) is 8.17. The number of nitrogens with zero attached hydrogens (tertiary/aromatic N) is 3. The molecule has 0 unspecified atom stereocenters. The number of aryl methyl sites for hydroxylation is 1. The van der Waals surface area contributed by atoms with E-state index in [0.29, 0.717) is 35.2 Å². The number of Topliss-reactive ketones (excluding diaryl/α,β-unsaturated/α-hetero) is 1. The highest BCUT2D eigenvalue weighted by Crippen LogP contribution is 2.21. The maximum atomic E-state index is 12.8. The molecule has 0 saturated carbocycles. The van der Waals surface area contributed by atoms with Crippen molar-refractivity contribution < 1.29 is 9.18 Å². The van der Waals surface area contributed by atoms with E-state index in [9.17, 15) is 9.18 Å². The van der Waals surface area contributed by atoms with Crippen LogP contribution < -0.4 is 5.32 Å². The van der Waals surface area contributed by atoms with Gasteiger partial charge in [0.1, 0.15) is 18.3 Å². The number of hydrogen-bond donors (Lipinski definition) is 1. The van der Waals surface area contributed by atoms with Crippen LogP contribution in [0.2, 0.25) is 5.02 Å². The van der Waals surface area contributed by atoms with Crippen LogP contribution in [0.25, 0.3) is 5.82 Å². The summed E-state index contributed by atoms with van der Waals surface area (Å²) in [6.45, 7) is 0.933. The molecule has 0 aliphatic carbocycles. The lowest BCUT2D eigenvalue weighted by Gasteiger charge is -2.11. The van der Waals surface area contributed by atoms with E-state index in [1.54, 1.807) is 31.3 Å². The number of carbonyl (C=O) groups excluding carboxylic acids is 1. The third-order valence-corrected chi connectivity index (χ3v) is 4.02. The molecule has 2 heterocycles. The predicted molar refractivity (Wildman–Crippen MR) is 99.9 cm³/mol. The monoisotopic (exact) mass is 372 g/mol. The Morgan fingerprint density at radius 2 is 2.00 bits per heavy atom. The van der Waals surface area contributed by atoms with Crippen LogP contribution >= 0.6 is 11.6 Å². The Labute approximate surface area is 155 Å². The van der Waals surface area contributed by atoms with Crippen molar-refractivity contribution in [2.24, 2.45) is 0 Å². The Kier molecular flexibility index (Phi) is 5.63. The molecule has 26 heavy (non-hydrogen) atoms. The number of nitrogens with one attached hydrogen (secondary N) is 1. The van der Waals surface area contributed by atoms with Gasteiger partial charge in [-0.05, 0) is 61.4 Å². The van der Waals surface area contributed by atoms with Crippen LogP contribution in [0.1, 0.15) is 24.6 Å². The number of ketones is 1. The van der Waals surface area contributed by atoms with Gasteiger partial charge in [0, 0.05) is 23.3 Å². The summed E-state index contributed by atoms with van der Waals surface area (Å²) < 4.78 is 14.3. The molecular weight excluding hydrogens is 355 g/mol. The van der Waals surface area contributed by atoms with Gasteiger partial charge in [-0.1, -0.05) is 11.6 Å². The minimum atomic E-state index is -0.632. The van der Waals surface area contributed by atoms with Crippen molar-refractivity contribution in [3.05, 3.63) is 64.9 Å². The number of aromatic nitrogens is 3. The molecular formula is C19H18ClFN4O. The van der Waals surface area contributed by atoms with E-state index in [0.717, 1.165) is 11.3 Å². The SMILES string of the molecule is CC(=O)CCc1cc(Nc2ccc(Cl)cc2)nc(-n2ccc(CF)n2)c1. The third kappa shape index (κ3) is 4.67. The summed E-state index contributed by atoms with van der Waals surface area (Å²) in [4.78, 5) is 15.9. The molecule has 3 rings (SSSR count). The minimum Gasteiger partial charge on any atom is -0.340 e. The first kappa shape index (κ1) is 18.1. The highest BCUT2D eigenvalue weighted by atomic mass is 35.5. The first-order valence-corrected chi connectivity index (χ1v) is 8.55. The summed E-state index contributed by atoms with van der Waals surface area (Å²) in [5.74, 6) is 1.29. The van der Waals surface area contributed by atoms with Gasteiger partial charge >= 0.3 is 0 Å². The smallest absolute Gasteiger partial charge is 0.155 e. The summed E-state index contributed by atoms with van der Waals surface area (Å²) in [5, 5.41) is 8.03. The number of hydrogen-bond acceptors (Lipinski definition) is 4. The van der Waals surface area contributed by atoms with Gasteiger partial charge in [0.25, 0.3) is 0 Å². The topological polar surface area (TPSA) is 59.8 Å². The Morgan fingerprint density at radius 3 is 2.65 bits per heavy atom. The molecule has 1 aromatic carbocycles. The van der Waals surface area contributed by atoms with Crippen molar-refractivity contribution in [2.45, 2.75) is 26.4 Å². The van der Waals surface area contributed by atoms with Crippen LogP contribution in [0.4, 0.5) is 15.9 Å². The van der Waals surface area contributed by atoms with Crippen molar-refractivity contribution in [3.63, 3.8) is 0 Å². The number of rotatable bonds is 7. The Morgan fingerprint density at radius 1 is 1.23 bits per heavy atom. The second-order valence-electron chi connectivity index (χ2n) is 5.94. The van der Waals surface area contributed by atoms with Crippen molar-refractivity contribution >= 4 is 28.9 Å². The van der Waals surface area contributed by atoms with Crippen LogP contribution in [0, 0.1) is 0 Å². The van der Waals surface area contributed by atoms with Crippen LogP contribution in [-0.4, -0.2) is 20.5 Å². The largest absolute Gasteiger partial charge is 0.340 e. The summed E-state index contributed by atoms with van der Waals surface area (Å²) in [6, 6.07) is 12.6. The van der Waals surface area contributed by atoms with E-state index in [1.807, 2.05) is 24.3 Å². The fraction of sp³-hybridized carbons (Fsp3) is 0.211. The fourth-order valence-corrected chi connectivity index (χ4v) is 2.58. The van der Waals surface area contributed by atoms with Gasteiger partial charge in [-0.15, -0.1) is 0 Å². The van der Waals surface area contributed by atoms with Gasteiger partial charge in [-0.25, -0.2) is 14.1 Å². The zero-order chi connectivity index (χ0) is 18.5. The second kappa shape index (κ2) is 8.10. The quantitative estimate of drug-likeness (QED) is 0.655. The van der Waals surface area contributed by atoms with E-state index in [-0.39, 0.29) is 5.78 Å². The van der Waals surface area contributed by atoms with Crippen molar-refractivity contribution in [3.8, 4) is 5.82 Å². The van der Waals surface area contributed by atoms with Gasteiger partial charge in [0.15, 0.2) is 5.82 Å². The van der Waals surface area contributed by atoms with Crippen molar-refractivity contribution in [1.82, 2.24) is 14.8 Å². The molecule has 2 aromatic heterocycles. The third-order valence-electron chi connectivity index (χ3n) is 3.77. The van der Waals surface area contributed by atoms with Crippen LogP contribution in [0.3, 0.4) is 0 Å². The minimum absolute atomic E-state index is 0.120. The molecule has 5 nitrogen and oxygen atoms in total. The summed E-state index contributed by atoms with van der Waals surface area (Å²) >= 11 is 5.91. The summed E-state index contributed by atoms with van der Waals surface area (Å²) in [7, 11) is 0. The van der Waals surface area contributed by atoms with E-state index >= 15 is 0 Å². The highest BCUT2D eigenvalue weighted by Gasteiger charge is 2.08. The number of alkyl halides is 1. The molecule has 3 aromatic rings. The molecule has 0 atom stereocenters. The van der Waals surface area contributed by atoms with Crippen LogP contribution in [0.5, 0.6) is 0 Å². The lowest BCUT2D eigenvalue weighted by molar-refractivity contribution is -0.116. The first-order chi connectivity index (χ1) is 12.5. The van der Waals surface area contributed by atoms with Crippen LogP contribution in [-0.2, 0) is 17.9 Å². The lowest BCUT2D eigenvalue weighted by Crippen LogP contribution is -2.05. The maximum absolute atomic E-state index is 12.8. The summed E-state index contributed by atoms with van der Waals surface area (Å²) in [6.07, 6.45) is 2.70. The average Bonchev–Trinajstić information content (AvgIpc) is 3.11. The number of halogens is 2. The standard InChI is InChI=1S/C19H18ClFN4O/c1-13(26)2-3-14-10-18(22-16-6-4-15(20)5-7-16)23-19(11-14)25-9-8-17(12-21)24-25/h4-11H,2-3,12H2,1H3,(H,22,23). The van der Waals surface area contributed by atoms with Gasteiger partial charge in [-0.3, -0.25) is 0 Å². The number of anilines is 2. The van der Waals surface area contributed by atoms with Gasteiger partial charge < -0.3 is 10.1 Å². The molecule has 0 spiro atoms. The molecule has 1 N–H and O–H groups in total. The van der Waals surface area contributed by atoms with E-state index in [4.69, 9.17) is 11.6 Å². The van der Waals surface area contributed by atoms with Crippen molar-refractivity contribution in [1.29, 1.82) is 0 Å². The van der Waals surface area contributed by atoms with E-state index in [1.165, 1.54) is 4.68 Å².